The average Bonchev–Trinajstić information content (AvgIpc) is 2.64. The second-order valence-corrected chi connectivity index (χ2v) is 6.62. The van der Waals surface area contributed by atoms with Crippen molar-refractivity contribution < 1.29 is 5.11 Å². The number of aryl methyl sites for hydroxylation is 2. The molecule has 0 fully saturated rings. The first kappa shape index (κ1) is 13.7. The lowest BCUT2D eigenvalue weighted by molar-refractivity contribution is 0.305. The molecule has 2 aromatic rings. The number of hydrogen-bond acceptors (Lipinski definition) is 2. The molecule has 1 aliphatic rings. The maximum Gasteiger partial charge on any atom is 0.278 e. The fraction of sp³-hybridized carbons (Fsp3) is 0.400. The van der Waals surface area contributed by atoms with E-state index in [1.165, 1.54) is 0 Å². The van der Waals surface area contributed by atoms with E-state index in [9.17, 15) is 9.90 Å². The summed E-state index contributed by atoms with van der Waals surface area (Å²) in [6.45, 7) is 5.38. The van der Waals surface area contributed by atoms with E-state index in [0.717, 1.165) is 33.1 Å². The SMILES string of the molecule is Cc1cc(I)cc(C)c1-c1c(O)n2n(c1=O)CCCC2. The molecule has 5 heteroatoms. The molecular formula is C15H17IN2O2. The topological polar surface area (TPSA) is 47.2 Å². The van der Waals surface area contributed by atoms with Crippen molar-refractivity contribution in [1.82, 2.24) is 9.36 Å². The second kappa shape index (κ2) is 4.95. The van der Waals surface area contributed by atoms with Crippen molar-refractivity contribution in [3.63, 3.8) is 0 Å². The van der Waals surface area contributed by atoms with Crippen LogP contribution in [0.1, 0.15) is 24.0 Å². The van der Waals surface area contributed by atoms with Crippen LogP contribution >= 0.6 is 22.6 Å². The van der Waals surface area contributed by atoms with E-state index in [2.05, 4.69) is 22.6 Å². The molecule has 0 amide bonds. The summed E-state index contributed by atoms with van der Waals surface area (Å²) in [5.74, 6) is 0.113. The predicted octanol–water partition coefficient (Wildman–Crippen LogP) is 3.04. The van der Waals surface area contributed by atoms with Gasteiger partial charge in [0, 0.05) is 16.7 Å². The highest BCUT2D eigenvalue weighted by molar-refractivity contribution is 14.1. The molecular weight excluding hydrogens is 367 g/mol. The number of aromatic hydroxyl groups is 1. The zero-order valence-corrected chi connectivity index (χ0v) is 13.8. The van der Waals surface area contributed by atoms with Gasteiger partial charge in [0.25, 0.3) is 5.56 Å². The van der Waals surface area contributed by atoms with Crippen LogP contribution < -0.4 is 5.56 Å². The minimum Gasteiger partial charge on any atom is -0.493 e. The number of fused-ring (bicyclic) bond motifs is 1. The number of benzene rings is 1. The van der Waals surface area contributed by atoms with Crippen LogP contribution in [0.15, 0.2) is 16.9 Å². The van der Waals surface area contributed by atoms with Crippen LogP contribution in [0.2, 0.25) is 0 Å². The molecule has 0 radical (unpaired) electrons. The lowest BCUT2D eigenvalue weighted by atomic mass is 9.98. The van der Waals surface area contributed by atoms with Crippen molar-refractivity contribution in [1.29, 1.82) is 0 Å². The van der Waals surface area contributed by atoms with Crippen LogP contribution in [0.3, 0.4) is 0 Å². The standard InChI is InChI=1S/C15H17IN2O2/c1-9-7-11(16)8-10(2)12(9)13-14(19)17-5-3-4-6-18(17)15(13)20/h7-8,19H,3-6H2,1-2H3. The Morgan fingerprint density at radius 3 is 2.15 bits per heavy atom. The Bertz CT molecular complexity index is 720. The number of aromatic nitrogens is 2. The van der Waals surface area contributed by atoms with Gasteiger partial charge in [0.1, 0.15) is 5.56 Å². The highest BCUT2D eigenvalue weighted by atomic mass is 127. The van der Waals surface area contributed by atoms with Gasteiger partial charge in [0.2, 0.25) is 5.88 Å². The average molecular weight is 384 g/mol. The van der Waals surface area contributed by atoms with E-state index < -0.39 is 0 Å². The molecule has 0 unspecified atom stereocenters. The summed E-state index contributed by atoms with van der Waals surface area (Å²) in [6, 6.07) is 4.09. The first-order chi connectivity index (χ1) is 9.50. The van der Waals surface area contributed by atoms with Gasteiger partial charge in [-0.25, -0.2) is 4.68 Å². The fourth-order valence-electron chi connectivity index (χ4n) is 3.07. The van der Waals surface area contributed by atoms with Crippen molar-refractivity contribution >= 4 is 22.6 Å². The monoisotopic (exact) mass is 384 g/mol. The maximum atomic E-state index is 12.6. The molecule has 3 rings (SSSR count). The molecule has 2 heterocycles. The zero-order chi connectivity index (χ0) is 14.4. The van der Waals surface area contributed by atoms with Crippen LogP contribution in [-0.4, -0.2) is 14.5 Å². The van der Waals surface area contributed by atoms with Gasteiger partial charge >= 0.3 is 0 Å². The van der Waals surface area contributed by atoms with Crippen molar-refractivity contribution in [3.8, 4) is 17.0 Å². The van der Waals surface area contributed by atoms with Crippen LogP contribution in [0.5, 0.6) is 5.88 Å². The van der Waals surface area contributed by atoms with Gasteiger partial charge < -0.3 is 5.11 Å². The van der Waals surface area contributed by atoms with Gasteiger partial charge in [-0.3, -0.25) is 9.48 Å². The van der Waals surface area contributed by atoms with Gasteiger partial charge in [-0.1, -0.05) is 0 Å². The van der Waals surface area contributed by atoms with Crippen LogP contribution in [0, 0.1) is 17.4 Å². The number of nitrogens with zero attached hydrogens (tertiary/aromatic N) is 2. The molecule has 0 atom stereocenters. The molecule has 0 bridgehead atoms. The second-order valence-electron chi connectivity index (χ2n) is 5.37. The number of rotatable bonds is 1. The van der Waals surface area contributed by atoms with Crippen LogP contribution in [0.25, 0.3) is 11.1 Å². The first-order valence-electron chi connectivity index (χ1n) is 6.80. The van der Waals surface area contributed by atoms with Gasteiger partial charge in [0.15, 0.2) is 0 Å². The van der Waals surface area contributed by atoms with Gasteiger partial charge in [0.05, 0.1) is 0 Å². The van der Waals surface area contributed by atoms with E-state index in [1.54, 1.807) is 9.36 Å². The molecule has 1 aliphatic heterocycles. The summed E-state index contributed by atoms with van der Waals surface area (Å²) in [4.78, 5) is 12.6. The molecule has 1 N–H and O–H groups in total. The highest BCUT2D eigenvalue weighted by Crippen LogP contribution is 2.34. The Kier molecular flexibility index (Phi) is 3.40. The van der Waals surface area contributed by atoms with Crippen molar-refractivity contribution in [2.24, 2.45) is 0 Å². The minimum absolute atomic E-state index is 0.0744. The third kappa shape index (κ3) is 1.99. The Balaban J connectivity index is 2.32. The van der Waals surface area contributed by atoms with Gasteiger partial charge in [-0.05, 0) is 78.1 Å². The summed E-state index contributed by atoms with van der Waals surface area (Å²) in [5, 5.41) is 10.5. The zero-order valence-electron chi connectivity index (χ0n) is 11.6. The van der Waals surface area contributed by atoms with E-state index in [-0.39, 0.29) is 11.4 Å². The first-order valence-corrected chi connectivity index (χ1v) is 7.88. The molecule has 4 nitrogen and oxygen atoms in total. The van der Waals surface area contributed by atoms with Crippen LogP contribution in [-0.2, 0) is 13.1 Å². The molecule has 106 valence electrons. The normalized spacial score (nSPS) is 14.3. The van der Waals surface area contributed by atoms with Crippen molar-refractivity contribution in [2.75, 3.05) is 0 Å². The third-order valence-electron chi connectivity index (χ3n) is 3.95. The molecule has 0 aliphatic carbocycles. The molecule has 0 spiro atoms. The van der Waals surface area contributed by atoms with Gasteiger partial charge in [-0.15, -0.1) is 0 Å². The smallest absolute Gasteiger partial charge is 0.278 e. The summed E-state index contributed by atoms with van der Waals surface area (Å²) in [7, 11) is 0. The number of hydrogen-bond donors (Lipinski definition) is 1. The summed E-state index contributed by atoms with van der Waals surface area (Å²) in [6.07, 6.45) is 2.00. The predicted molar refractivity (Wildman–Crippen MR) is 87.2 cm³/mol. The van der Waals surface area contributed by atoms with E-state index in [4.69, 9.17) is 0 Å². The van der Waals surface area contributed by atoms with Gasteiger partial charge in [-0.2, -0.15) is 0 Å². The fourth-order valence-corrected chi connectivity index (χ4v) is 4.01. The molecule has 20 heavy (non-hydrogen) atoms. The lowest BCUT2D eigenvalue weighted by Crippen LogP contribution is -2.27. The molecule has 0 saturated carbocycles. The quantitative estimate of drug-likeness (QED) is 0.769. The Morgan fingerprint density at radius 2 is 1.60 bits per heavy atom. The molecule has 1 aromatic carbocycles. The summed E-state index contributed by atoms with van der Waals surface area (Å²) < 4.78 is 4.54. The lowest BCUT2D eigenvalue weighted by Gasteiger charge is -2.16. The number of halogens is 1. The molecule has 1 aromatic heterocycles. The largest absolute Gasteiger partial charge is 0.493 e. The van der Waals surface area contributed by atoms with Crippen molar-refractivity contribution in [3.05, 3.63) is 37.2 Å². The van der Waals surface area contributed by atoms with Crippen LogP contribution in [0.4, 0.5) is 0 Å². The van der Waals surface area contributed by atoms with E-state index >= 15 is 0 Å². The highest BCUT2D eigenvalue weighted by Gasteiger charge is 2.24. The maximum absolute atomic E-state index is 12.6. The van der Waals surface area contributed by atoms with E-state index in [0.29, 0.717) is 18.7 Å². The molecule has 0 saturated heterocycles. The minimum atomic E-state index is -0.0744. The Hall–Kier alpha value is -1.24. The summed E-state index contributed by atoms with van der Waals surface area (Å²) in [5.41, 5.74) is 3.32. The Morgan fingerprint density at radius 1 is 1.05 bits per heavy atom. The Labute approximate surface area is 131 Å². The summed E-state index contributed by atoms with van der Waals surface area (Å²) >= 11 is 2.27. The van der Waals surface area contributed by atoms with E-state index in [1.807, 2.05) is 26.0 Å². The van der Waals surface area contributed by atoms with Crippen molar-refractivity contribution in [2.45, 2.75) is 39.8 Å². The third-order valence-corrected chi connectivity index (χ3v) is 4.57.